The maximum Gasteiger partial charge on any atom is 0.306 e. The molecule has 0 amide bonds. The first-order valence-corrected chi connectivity index (χ1v) is 15.6. The third-order valence-corrected chi connectivity index (χ3v) is 7.13. The highest BCUT2D eigenvalue weighted by atomic mass is 16.5. The Bertz CT molecular complexity index is 455. The second-order valence-electron chi connectivity index (χ2n) is 10.6. The van der Waals surface area contributed by atoms with Crippen molar-refractivity contribution >= 4 is 12.3 Å². The summed E-state index contributed by atoms with van der Waals surface area (Å²) in [7, 11) is 0. The summed E-state index contributed by atoms with van der Waals surface area (Å²) in [5.74, 6) is -0.0145. The highest BCUT2D eigenvalue weighted by molar-refractivity contribution is 5.69. The molecule has 1 N–H and O–H groups in total. The van der Waals surface area contributed by atoms with Crippen LogP contribution < -0.4 is 0 Å². The maximum absolute atomic E-state index is 12.5. The van der Waals surface area contributed by atoms with Gasteiger partial charge in [0.2, 0.25) is 0 Å². The van der Waals surface area contributed by atoms with Crippen LogP contribution in [0.4, 0.5) is 0 Å². The average molecular weight is 512 g/mol. The van der Waals surface area contributed by atoms with E-state index in [1.165, 1.54) is 77.0 Å². The summed E-state index contributed by atoms with van der Waals surface area (Å²) in [6, 6.07) is 0. The van der Waals surface area contributed by atoms with E-state index in [-0.39, 0.29) is 18.7 Å². The number of aldehydes is 1. The van der Waals surface area contributed by atoms with Gasteiger partial charge in [-0.05, 0) is 64.5 Å². The molecular weight excluding hydrogens is 450 g/mol. The zero-order valence-electron chi connectivity index (χ0n) is 24.2. The molecular formula is C31H61NO4. The number of carbonyl (C=O) groups is 2. The number of rotatable bonds is 29. The van der Waals surface area contributed by atoms with Gasteiger partial charge in [-0.2, -0.15) is 0 Å². The molecule has 5 nitrogen and oxygen atoms in total. The molecule has 0 aliphatic heterocycles. The first-order chi connectivity index (χ1) is 17.7. The number of unbranched alkanes of at least 4 members (excludes halogenated alkanes) is 15. The van der Waals surface area contributed by atoms with Crippen LogP contribution in [0.1, 0.15) is 155 Å². The Morgan fingerprint density at radius 2 is 1.19 bits per heavy atom. The highest BCUT2D eigenvalue weighted by Crippen LogP contribution is 2.18. The van der Waals surface area contributed by atoms with Crippen molar-refractivity contribution in [2.75, 3.05) is 26.2 Å². The van der Waals surface area contributed by atoms with Crippen molar-refractivity contribution in [1.29, 1.82) is 0 Å². The van der Waals surface area contributed by atoms with Gasteiger partial charge in [0, 0.05) is 19.4 Å². The molecule has 0 saturated carbocycles. The summed E-state index contributed by atoms with van der Waals surface area (Å²) >= 11 is 0. The topological polar surface area (TPSA) is 66.8 Å². The van der Waals surface area contributed by atoms with Crippen LogP contribution in [0, 0.1) is 0 Å². The Balaban J connectivity index is 4.16. The molecule has 0 aromatic rings. The molecule has 0 radical (unpaired) electrons. The van der Waals surface area contributed by atoms with E-state index in [0.29, 0.717) is 19.4 Å². The fourth-order valence-electron chi connectivity index (χ4n) is 4.81. The fraction of sp³-hybridized carbons (Fsp3) is 0.935. The first kappa shape index (κ1) is 35.1. The van der Waals surface area contributed by atoms with Crippen LogP contribution in [0.15, 0.2) is 0 Å². The molecule has 0 heterocycles. The minimum atomic E-state index is -0.0145. The van der Waals surface area contributed by atoms with Gasteiger partial charge in [0.1, 0.15) is 12.4 Å². The Hall–Kier alpha value is -0.940. The normalized spacial score (nSPS) is 11.5. The molecule has 0 saturated heterocycles. The van der Waals surface area contributed by atoms with E-state index in [1.54, 1.807) is 0 Å². The minimum Gasteiger partial charge on any atom is -0.462 e. The number of ether oxygens (including phenoxy) is 1. The number of carbonyl (C=O) groups excluding carboxylic acids is 2. The van der Waals surface area contributed by atoms with E-state index in [9.17, 15) is 14.7 Å². The number of nitrogens with zero attached hydrogens (tertiary/aromatic N) is 1. The standard InChI is InChI=1S/C31H61NO4/c1-3-5-7-9-11-16-22-30(23-17-12-10-8-6-4-2)36-31(35)24-18-15-20-26-32(27-29-34)25-19-13-14-21-28-33/h28,30,34H,3-27,29H2,1-2H3. The maximum atomic E-state index is 12.5. The molecule has 0 spiro atoms. The molecule has 0 aliphatic carbocycles. The number of aliphatic hydroxyl groups excluding tert-OH is 1. The van der Waals surface area contributed by atoms with Gasteiger partial charge in [-0.25, -0.2) is 0 Å². The van der Waals surface area contributed by atoms with Gasteiger partial charge >= 0.3 is 5.97 Å². The molecule has 5 heteroatoms. The lowest BCUT2D eigenvalue weighted by molar-refractivity contribution is -0.150. The lowest BCUT2D eigenvalue weighted by atomic mass is 10.0. The quantitative estimate of drug-likeness (QED) is 0.0625. The van der Waals surface area contributed by atoms with Crippen molar-refractivity contribution in [3.63, 3.8) is 0 Å². The predicted octanol–water partition coefficient (Wildman–Crippen LogP) is 8.01. The molecule has 0 aromatic carbocycles. The molecule has 214 valence electrons. The second kappa shape index (κ2) is 28.6. The molecule has 0 fully saturated rings. The van der Waals surface area contributed by atoms with Crippen LogP contribution in [0.3, 0.4) is 0 Å². The summed E-state index contributed by atoms with van der Waals surface area (Å²) in [5, 5.41) is 9.32. The number of hydrogen-bond donors (Lipinski definition) is 1. The van der Waals surface area contributed by atoms with Crippen LogP contribution >= 0.6 is 0 Å². The van der Waals surface area contributed by atoms with Crippen LogP contribution in [0.5, 0.6) is 0 Å². The van der Waals surface area contributed by atoms with Gasteiger partial charge < -0.3 is 19.5 Å². The fourth-order valence-corrected chi connectivity index (χ4v) is 4.81. The zero-order valence-corrected chi connectivity index (χ0v) is 24.2. The Morgan fingerprint density at radius 3 is 1.72 bits per heavy atom. The lowest BCUT2D eigenvalue weighted by Gasteiger charge is -2.21. The molecule has 0 bridgehead atoms. The van der Waals surface area contributed by atoms with Crippen LogP contribution in [0.2, 0.25) is 0 Å². The summed E-state index contributed by atoms with van der Waals surface area (Å²) < 4.78 is 5.95. The van der Waals surface area contributed by atoms with Gasteiger partial charge in [-0.1, -0.05) is 90.9 Å². The van der Waals surface area contributed by atoms with Crippen LogP contribution in [-0.4, -0.2) is 54.6 Å². The Morgan fingerprint density at radius 1 is 0.694 bits per heavy atom. The van der Waals surface area contributed by atoms with E-state index < -0.39 is 0 Å². The largest absolute Gasteiger partial charge is 0.462 e. The molecule has 0 aliphatic rings. The molecule has 0 aromatic heterocycles. The van der Waals surface area contributed by atoms with Crippen molar-refractivity contribution in [1.82, 2.24) is 4.90 Å². The summed E-state index contributed by atoms with van der Waals surface area (Å²) in [5.41, 5.74) is 0. The minimum absolute atomic E-state index is 0.0145. The number of esters is 1. The van der Waals surface area contributed by atoms with E-state index in [2.05, 4.69) is 18.7 Å². The van der Waals surface area contributed by atoms with Crippen molar-refractivity contribution in [2.45, 2.75) is 161 Å². The average Bonchev–Trinajstić information content (AvgIpc) is 2.87. The van der Waals surface area contributed by atoms with Crippen molar-refractivity contribution < 1.29 is 19.4 Å². The van der Waals surface area contributed by atoms with Crippen molar-refractivity contribution in [3.05, 3.63) is 0 Å². The van der Waals surface area contributed by atoms with Gasteiger partial charge in [0.15, 0.2) is 0 Å². The highest BCUT2D eigenvalue weighted by Gasteiger charge is 2.14. The number of hydrogen-bond acceptors (Lipinski definition) is 5. The van der Waals surface area contributed by atoms with Gasteiger partial charge in [-0.15, -0.1) is 0 Å². The molecule has 0 unspecified atom stereocenters. The van der Waals surface area contributed by atoms with E-state index in [1.807, 2.05) is 0 Å². The Kier molecular flexibility index (Phi) is 27.9. The number of aliphatic hydroxyl groups is 1. The predicted molar refractivity (Wildman–Crippen MR) is 152 cm³/mol. The summed E-state index contributed by atoms with van der Waals surface area (Å²) in [4.78, 5) is 25.3. The Labute approximate surface area is 224 Å². The van der Waals surface area contributed by atoms with Gasteiger partial charge in [0.05, 0.1) is 6.61 Å². The van der Waals surface area contributed by atoms with E-state index in [0.717, 1.165) is 70.7 Å². The monoisotopic (exact) mass is 511 g/mol. The van der Waals surface area contributed by atoms with Crippen molar-refractivity contribution in [2.24, 2.45) is 0 Å². The molecule has 0 rings (SSSR count). The SMILES string of the molecule is CCCCCCCCC(CCCCCCCC)OC(=O)CCCCCN(CCO)CCCCCC=O. The van der Waals surface area contributed by atoms with Gasteiger partial charge in [-0.3, -0.25) is 4.79 Å². The van der Waals surface area contributed by atoms with Crippen molar-refractivity contribution in [3.8, 4) is 0 Å². The first-order valence-electron chi connectivity index (χ1n) is 15.6. The van der Waals surface area contributed by atoms with Crippen LogP contribution in [-0.2, 0) is 14.3 Å². The third-order valence-electron chi connectivity index (χ3n) is 7.13. The zero-order chi connectivity index (χ0) is 26.5. The second-order valence-corrected chi connectivity index (χ2v) is 10.6. The summed E-state index contributed by atoms with van der Waals surface area (Å²) in [6.45, 7) is 7.32. The summed E-state index contributed by atoms with van der Waals surface area (Å²) in [6.07, 6.45) is 25.7. The smallest absolute Gasteiger partial charge is 0.306 e. The van der Waals surface area contributed by atoms with Gasteiger partial charge in [0.25, 0.3) is 0 Å². The third kappa shape index (κ3) is 24.7. The molecule has 36 heavy (non-hydrogen) atoms. The van der Waals surface area contributed by atoms with E-state index >= 15 is 0 Å². The lowest BCUT2D eigenvalue weighted by Crippen LogP contribution is -2.29. The van der Waals surface area contributed by atoms with Crippen LogP contribution in [0.25, 0.3) is 0 Å². The van der Waals surface area contributed by atoms with E-state index in [4.69, 9.17) is 4.74 Å². The molecule has 0 atom stereocenters.